The van der Waals surface area contributed by atoms with Gasteiger partial charge in [0.25, 0.3) is 11.6 Å². The summed E-state index contributed by atoms with van der Waals surface area (Å²) in [5.41, 5.74) is 0.421. The van der Waals surface area contributed by atoms with Crippen LogP contribution in [-0.4, -0.2) is 41.8 Å². The molecule has 0 aliphatic carbocycles. The zero-order chi connectivity index (χ0) is 20.0. The van der Waals surface area contributed by atoms with Gasteiger partial charge in [0.15, 0.2) is 0 Å². The van der Waals surface area contributed by atoms with E-state index in [1.54, 1.807) is 31.2 Å². The van der Waals surface area contributed by atoms with Crippen molar-refractivity contribution in [3.63, 3.8) is 0 Å². The van der Waals surface area contributed by atoms with Gasteiger partial charge in [0.1, 0.15) is 12.3 Å². The number of nitrogens with one attached hydrogen (secondary N) is 1. The molecule has 0 aliphatic heterocycles. The first-order chi connectivity index (χ1) is 12.8. The Labute approximate surface area is 160 Å². The molecule has 0 radical (unpaired) electrons. The number of nitro groups is 1. The van der Waals surface area contributed by atoms with Crippen LogP contribution in [0.4, 0.5) is 11.4 Å². The van der Waals surface area contributed by atoms with Gasteiger partial charge in [-0.1, -0.05) is 17.7 Å². The molecule has 0 atom stereocenters. The van der Waals surface area contributed by atoms with Crippen molar-refractivity contribution in [1.82, 2.24) is 4.90 Å². The minimum Gasteiger partial charge on any atom is -0.497 e. The second-order valence-electron chi connectivity index (χ2n) is 5.52. The predicted octanol–water partition coefficient (Wildman–Crippen LogP) is 3.36. The lowest BCUT2D eigenvalue weighted by Crippen LogP contribution is -2.38. The topological polar surface area (TPSA) is 102 Å². The molecule has 2 amide bonds. The number of hydrogen-bond donors (Lipinski definition) is 1. The van der Waals surface area contributed by atoms with Gasteiger partial charge in [-0.2, -0.15) is 0 Å². The monoisotopic (exact) mass is 391 g/mol. The third-order valence-corrected chi connectivity index (χ3v) is 4.06. The van der Waals surface area contributed by atoms with Crippen LogP contribution in [0.5, 0.6) is 5.75 Å². The normalized spacial score (nSPS) is 10.2. The number of carbonyl (C=O) groups excluding carboxylic acids is 2. The molecule has 2 aromatic carbocycles. The zero-order valence-corrected chi connectivity index (χ0v) is 15.5. The molecular weight excluding hydrogens is 374 g/mol. The molecule has 2 aromatic rings. The third kappa shape index (κ3) is 5.18. The maximum Gasteiger partial charge on any atom is 0.270 e. The van der Waals surface area contributed by atoms with Gasteiger partial charge in [0, 0.05) is 30.4 Å². The number of ether oxygens (including phenoxy) is 1. The standard InChI is InChI=1S/C18H18ClN3O5/c1-3-21(11-17(23)20-12-5-4-6-14(9-12)27-2)18(24)15-8-7-13(22(25)26)10-16(15)19/h4-10H,3,11H2,1-2H3,(H,20,23). The molecule has 142 valence electrons. The van der Waals surface area contributed by atoms with E-state index in [4.69, 9.17) is 16.3 Å². The molecule has 0 bridgehead atoms. The highest BCUT2D eigenvalue weighted by atomic mass is 35.5. The van der Waals surface area contributed by atoms with E-state index >= 15 is 0 Å². The lowest BCUT2D eigenvalue weighted by molar-refractivity contribution is -0.384. The summed E-state index contributed by atoms with van der Waals surface area (Å²) in [7, 11) is 1.52. The van der Waals surface area contributed by atoms with Crippen LogP contribution in [0.15, 0.2) is 42.5 Å². The number of carbonyl (C=O) groups is 2. The van der Waals surface area contributed by atoms with Crippen molar-refractivity contribution in [3.8, 4) is 5.75 Å². The van der Waals surface area contributed by atoms with Gasteiger partial charge in [-0.15, -0.1) is 0 Å². The Morgan fingerprint density at radius 2 is 2.00 bits per heavy atom. The average Bonchev–Trinajstić information content (AvgIpc) is 2.65. The summed E-state index contributed by atoms with van der Waals surface area (Å²) in [6.07, 6.45) is 0. The maximum atomic E-state index is 12.6. The largest absolute Gasteiger partial charge is 0.497 e. The van der Waals surface area contributed by atoms with Gasteiger partial charge >= 0.3 is 0 Å². The van der Waals surface area contributed by atoms with Gasteiger partial charge in [-0.25, -0.2) is 0 Å². The van der Waals surface area contributed by atoms with Gasteiger partial charge in [-0.05, 0) is 25.1 Å². The van der Waals surface area contributed by atoms with E-state index in [0.717, 1.165) is 6.07 Å². The first-order valence-corrected chi connectivity index (χ1v) is 8.40. The molecule has 0 saturated heterocycles. The van der Waals surface area contributed by atoms with Crippen LogP contribution in [0.1, 0.15) is 17.3 Å². The summed E-state index contributed by atoms with van der Waals surface area (Å²) in [5.74, 6) is -0.288. The van der Waals surface area contributed by atoms with E-state index in [1.165, 1.54) is 24.1 Å². The van der Waals surface area contributed by atoms with Crippen molar-refractivity contribution in [1.29, 1.82) is 0 Å². The number of benzene rings is 2. The van der Waals surface area contributed by atoms with E-state index in [1.807, 2.05) is 0 Å². The summed E-state index contributed by atoms with van der Waals surface area (Å²) in [5, 5.41) is 13.4. The smallest absolute Gasteiger partial charge is 0.270 e. The predicted molar refractivity (Wildman–Crippen MR) is 101 cm³/mol. The van der Waals surface area contributed by atoms with Crippen molar-refractivity contribution in [3.05, 3.63) is 63.2 Å². The SMILES string of the molecule is CCN(CC(=O)Nc1cccc(OC)c1)C(=O)c1ccc([N+](=O)[O-])cc1Cl. The van der Waals surface area contributed by atoms with E-state index in [9.17, 15) is 19.7 Å². The third-order valence-electron chi connectivity index (χ3n) is 3.75. The van der Waals surface area contributed by atoms with Crippen LogP contribution < -0.4 is 10.1 Å². The molecule has 9 heteroatoms. The van der Waals surface area contributed by atoms with Crippen LogP contribution in [0.3, 0.4) is 0 Å². The second-order valence-corrected chi connectivity index (χ2v) is 5.93. The van der Waals surface area contributed by atoms with Crippen molar-refractivity contribution < 1.29 is 19.2 Å². The van der Waals surface area contributed by atoms with Crippen LogP contribution in [-0.2, 0) is 4.79 Å². The first-order valence-electron chi connectivity index (χ1n) is 8.02. The molecular formula is C18H18ClN3O5. The number of nitrogens with zero attached hydrogens (tertiary/aromatic N) is 2. The number of non-ortho nitro benzene ring substituents is 1. The van der Waals surface area contributed by atoms with E-state index in [2.05, 4.69) is 5.32 Å². The van der Waals surface area contributed by atoms with Crippen LogP contribution >= 0.6 is 11.6 Å². The summed E-state index contributed by atoms with van der Waals surface area (Å²) < 4.78 is 5.10. The molecule has 1 N–H and O–H groups in total. The average molecular weight is 392 g/mol. The van der Waals surface area contributed by atoms with Crippen LogP contribution in [0, 0.1) is 10.1 Å². The Bertz CT molecular complexity index is 872. The molecule has 2 rings (SSSR count). The van der Waals surface area contributed by atoms with Gasteiger partial charge in [0.2, 0.25) is 5.91 Å². The molecule has 0 unspecified atom stereocenters. The number of amides is 2. The quantitative estimate of drug-likeness (QED) is 0.576. The number of hydrogen-bond acceptors (Lipinski definition) is 5. The highest BCUT2D eigenvalue weighted by Crippen LogP contribution is 2.24. The van der Waals surface area contributed by atoms with Crippen LogP contribution in [0.2, 0.25) is 5.02 Å². The summed E-state index contributed by atoms with van der Waals surface area (Å²) in [6.45, 7) is 1.79. The Morgan fingerprint density at radius 1 is 1.26 bits per heavy atom. The first kappa shape index (κ1) is 20.2. The molecule has 8 nitrogen and oxygen atoms in total. The van der Waals surface area contributed by atoms with E-state index in [0.29, 0.717) is 11.4 Å². The molecule has 0 heterocycles. The number of methoxy groups -OCH3 is 1. The minimum atomic E-state index is -0.598. The van der Waals surface area contributed by atoms with Crippen LogP contribution in [0.25, 0.3) is 0 Å². The summed E-state index contributed by atoms with van der Waals surface area (Å²) in [6, 6.07) is 10.4. The maximum absolute atomic E-state index is 12.6. The highest BCUT2D eigenvalue weighted by Gasteiger charge is 2.21. The number of halogens is 1. The number of nitro benzene ring substituents is 1. The van der Waals surface area contributed by atoms with Crippen molar-refractivity contribution in [2.45, 2.75) is 6.92 Å². The Balaban J connectivity index is 2.10. The van der Waals surface area contributed by atoms with Crippen molar-refractivity contribution in [2.75, 3.05) is 25.5 Å². The number of anilines is 1. The Morgan fingerprint density at radius 3 is 2.59 bits per heavy atom. The van der Waals surface area contributed by atoms with E-state index in [-0.39, 0.29) is 29.4 Å². The molecule has 0 fully saturated rings. The fourth-order valence-corrected chi connectivity index (χ4v) is 2.62. The lowest BCUT2D eigenvalue weighted by atomic mass is 10.1. The summed E-state index contributed by atoms with van der Waals surface area (Å²) in [4.78, 5) is 36.4. The fourth-order valence-electron chi connectivity index (χ4n) is 2.36. The number of likely N-dealkylation sites (N-methyl/N-ethyl adjacent to an activating group) is 1. The zero-order valence-electron chi connectivity index (χ0n) is 14.8. The molecule has 0 aliphatic rings. The van der Waals surface area contributed by atoms with Gasteiger partial charge in [0.05, 0.1) is 22.6 Å². The van der Waals surface area contributed by atoms with Crippen molar-refractivity contribution >= 4 is 34.8 Å². The Hall–Kier alpha value is -3.13. The highest BCUT2D eigenvalue weighted by molar-refractivity contribution is 6.34. The molecule has 27 heavy (non-hydrogen) atoms. The Kier molecular flexibility index (Phi) is 6.73. The second kappa shape index (κ2) is 9.00. The summed E-state index contributed by atoms with van der Waals surface area (Å²) >= 11 is 6.00. The van der Waals surface area contributed by atoms with Gasteiger partial charge < -0.3 is 15.0 Å². The molecule has 0 aromatic heterocycles. The molecule has 0 saturated carbocycles. The molecule has 0 spiro atoms. The minimum absolute atomic E-state index is 0.0409. The fraction of sp³-hybridized carbons (Fsp3) is 0.222. The van der Waals surface area contributed by atoms with E-state index < -0.39 is 16.7 Å². The van der Waals surface area contributed by atoms with Gasteiger partial charge in [-0.3, -0.25) is 19.7 Å². The van der Waals surface area contributed by atoms with Crippen molar-refractivity contribution in [2.24, 2.45) is 0 Å². The lowest BCUT2D eigenvalue weighted by Gasteiger charge is -2.21. The number of rotatable bonds is 7.